The fourth-order valence-electron chi connectivity index (χ4n) is 2.46. The van der Waals surface area contributed by atoms with Crippen LogP contribution in [-0.4, -0.2) is 27.0 Å². The number of hydrogen-bond donors (Lipinski definition) is 2. The zero-order valence-electron chi connectivity index (χ0n) is 14.5. The average molecular weight is 339 g/mol. The molecule has 6 nitrogen and oxygen atoms in total. The van der Waals surface area contributed by atoms with E-state index >= 15 is 0 Å². The summed E-state index contributed by atoms with van der Waals surface area (Å²) in [6.45, 7) is 5.83. The molecule has 0 aliphatic carbocycles. The van der Waals surface area contributed by atoms with Crippen LogP contribution in [0, 0.1) is 0 Å². The lowest BCUT2D eigenvalue weighted by Gasteiger charge is -2.27. The van der Waals surface area contributed by atoms with Crippen LogP contribution in [-0.2, 0) is 11.3 Å². The van der Waals surface area contributed by atoms with Crippen LogP contribution in [0.25, 0.3) is 10.9 Å². The second kappa shape index (κ2) is 6.47. The standard InChI is InChI=1S/C19H21N3O3/c1-19(2,3)25-18(24)22(12-13-4-8-16(23)9-5-13)15-7-6-14-11-20-21-17(14)10-15/h4-11,23H,12H2,1-3H3,(H,20,21). The summed E-state index contributed by atoms with van der Waals surface area (Å²) < 4.78 is 5.56. The summed E-state index contributed by atoms with van der Waals surface area (Å²) in [5.74, 6) is 0.187. The molecule has 2 N–H and O–H groups in total. The minimum absolute atomic E-state index is 0.187. The number of H-pyrrole nitrogens is 1. The molecule has 0 unspecified atom stereocenters. The predicted octanol–water partition coefficient (Wildman–Crippen LogP) is 4.21. The van der Waals surface area contributed by atoms with E-state index in [0.29, 0.717) is 12.2 Å². The van der Waals surface area contributed by atoms with Crippen LogP contribution < -0.4 is 4.90 Å². The summed E-state index contributed by atoms with van der Waals surface area (Å²) in [7, 11) is 0. The van der Waals surface area contributed by atoms with Crippen molar-refractivity contribution < 1.29 is 14.6 Å². The van der Waals surface area contributed by atoms with E-state index in [1.54, 1.807) is 35.4 Å². The molecule has 1 heterocycles. The van der Waals surface area contributed by atoms with Gasteiger partial charge in [-0.1, -0.05) is 12.1 Å². The highest BCUT2D eigenvalue weighted by Gasteiger charge is 2.24. The Labute approximate surface area is 146 Å². The molecule has 6 heteroatoms. The summed E-state index contributed by atoms with van der Waals surface area (Å²) >= 11 is 0. The molecular formula is C19H21N3O3. The lowest BCUT2D eigenvalue weighted by molar-refractivity contribution is 0.0577. The van der Waals surface area contributed by atoms with Crippen molar-refractivity contribution in [1.82, 2.24) is 10.2 Å². The molecule has 1 aromatic heterocycles. The highest BCUT2D eigenvalue weighted by molar-refractivity contribution is 5.91. The van der Waals surface area contributed by atoms with Crippen molar-refractivity contribution in [2.75, 3.05) is 4.90 Å². The van der Waals surface area contributed by atoms with Crippen molar-refractivity contribution in [2.24, 2.45) is 0 Å². The van der Waals surface area contributed by atoms with Gasteiger partial charge in [-0.05, 0) is 56.7 Å². The van der Waals surface area contributed by atoms with Gasteiger partial charge in [0.05, 0.1) is 18.3 Å². The Morgan fingerprint density at radius 2 is 1.92 bits per heavy atom. The smallest absolute Gasteiger partial charge is 0.415 e. The number of ether oxygens (including phenoxy) is 1. The molecule has 0 atom stereocenters. The number of aromatic hydroxyl groups is 1. The molecule has 0 radical (unpaired) electrons. The van der Waals surface area contributed by atoms with Crippen molar-refractivity contribution >= 4 is 22.7 Å². The zero-order chi connectivity index (χ0) is 18.0. The molecule has 0 saturated heterocycles. The Kier molecular flexibility index (Phi) is 4.35. The van der Waals surface area contributed by atoms with Crippen molar-refractivity contribution in [3.63, 3.8) is 0 Å². The van der Waals surface area contributed by atoms with Crippen molar-refractivity contribution in [1.29, 1.82) is 0 Å². The molecule has 25 heavy (non-hydrogen) atoms. The first-order valence-corrected chi connectivity index (χ1v) is 8.03. The van der Waals surface area contributed by atoms with E-state index in [9.17, 15) is 9.90 Å². The van der Waals surface area contributed by atoms with E-state index in [1.807, 2.05) is 39.0 Å². The first-order valence-electron chi connectivity index (χ1n) is 8.03. The Hall–Kier alpha value is -3.02. The van der Waals surface area contributed by atoms with Gasteiger partial charge in [0.1, 0.15) is 11.4 Å². The summed E-state index contributed by atoms with van der Waals surface area (Å²) in [5, 5.41) is 17.3. The Morgan fingerprint density at radius 1 is 1.20 bits per heavy atom. The van der Waals surface area contributed by atoms with Crippen LogP contribution in [0.3, 0.4) is 0 Å². The van der Waals surface area contributed by atoms with Crippen molar-refractivity contribution in [2.45, 2.75) is 32.9 Å². The van der Waals surface area contributed by atoms with Crippen molar-refractivity contribution in [3.05, 3.63) is 54.2 Å². The molecule has 0 aliphatic heterocycles. The normalized spacial score (nSPS) is 11.5. The number of carbonyl (C=O) groups excluding carboxylic acids is 1. The SMILES string of the molecule is CC(C)(C)OC(=O)N(Cc1ccc(O)cc1)c1ccc2cn[nH]c2c1. The van der Waals surface area contributed by atoms with Gasteiger partial charge in [-0.2, -0.15) is 5.10 Å². The van der Waals surface area contributed by atoms with Gasteiger partial charge in [0.15, 0.2) is 0 Å². The van der Waals surface area contributed by atoms with Crippen LogP contribution in [0.15, 0.2) is 48.7 Å². The fourth-order valence-corrected chi connectivity index (χ4v) is 2.46. The average Bonchev–Trinajstić information content (AvgIpc) is 3.00. The largest absolute Gasteiger partial charge is 0.508 e. The van der Waals surface area contributed by atoms with Crippen molar-refractivity contribution in [3.8, 4) is 5.75 Å². The molecule has 0 bridgehead atoms. The van der Waals surface area contributed by atoms with Gasteiger partial charge < -0.3 is 9.84 Å². The van der Waals surface area contributed by atoms with Crippen LogP contribution in [0.2, 0.25) is 0 Å². The lowest BCUT2D eigenvalue weighted by Crippen LogP contribution is -2.36. The number of nitrogens with zero attached hydrogens (tertiary/aromatic N) is 2. The van der Waals surface area contributed by atoms with E-state index < -0.39 is 11.7 Å². The quantitative estimate of drug-likeness (QED) is 0.749. The second-order valence-electron chi connectivity index (χ2n) is 6.87. The number of carbonyl (C=O) groups is 1. The number of aromatic amines is 1. The number of aromatic nitrogens is 2. The Bertz CT molecular complexity index is 879. The van der Waals surface area contributed by atoms with Crippen LogP contribution in [0.4, 0.5) is 10.5 Å². The molecule has 2 aromatic carbocycles. The third-order valence-electron chi connectivity index (χ3n) is 3.63. The van der Waals surface area contributed by atoms with E-state index in [0.717, 1.165) is 16.5 Å². The van der Waals surface area contributed by atoms with Crippen LogP contribution in [0.1, 0.15) is 26.3 Å². The molecule has 0 aliphatic rings. The number of hydrogen-bond acceptors (Lipinski definition) is 4. The number of phenolic OH excluding ortho intramolecular Hbond substituents is 1. The fraction of sp³-hybridized carbons (Fsp3) is 0.263. The van der Waals surface area contributed by atoms with E-state index in [4.69, 9.17) is 4.74 Å². The van der Waals surface area contributed by atoms with Gasteiger partial charge in [0.25, 0.3) is 0 Å². The molecule has 0 fully saturated rings. The maximum atomic E-state index is 12.7. The van der Waals surface area contributed by atoms with Gasteiger partial charge in [-0.3, -0.25) is 10.00 Å². The monoisotopic (exact) mass is 339 g/mol. The number of nitrogens with one attached hydrogen (secondary N) is 1. The number of fused-ring (bicyclic) bond motifs is 1. The number of amides is 1. The second-order valence-corrected chi connectivity index (χ2v) is 6.87. The number of benzene rings is 2. The highest BCUT2D eigenvalue weighted by Crippen LogP contribution is 2.25. The van der Waals surface area contributed by atoms with Gasteiger partial charge in [0.2, 0.25) is 0 Å². The molecule has 1 amide bonds. The Balaban J connectivity index is 1.94. The Morgan fingerprint density at radius 3 is 2.60 bits per heavy atom. The zero-order valence-corrected chi connectivity index (χ0v) is 14.5. The van der Waals surface area contributed by atoms with Gasteiger partial charge >= 0.3 is 6.09 Å². The van der Waals surface area contributed by atoms with E-state index in [2.05, 4.69) is 10.2 Å². The summed E-state index contributed by atoms with van der Waals surface area (Å²) in [6.07, 6.45) is 1.30. The third-order valence-corrected chi connectivity index (χ3v) is 3.63. The molecule has 3 rings (SSSR count). The molecule has 0 saturated carbocycles. The summed E-state index contributed by atoms with van der Waals surface area (Å²) in [6, 6.07) is 12.4. The lowest BCUT2D eigenvalue weighted by atomic mass is 10.1. The van der Waals surface area contributed by atoms with Gasteiger partial charge in [-0.15, -0.1) is 0 Å². The predicted molar refractivity (Wildman–Crippen MR) is 96.6 cm³/mol. The first kappa shape index (κ1) is 16.8. The number of anilines is 1. The van der Waals surface area contributed by atoms with Gasteiger partial charge in [0, 0.05) is 11.1 Å². The minimum Gasteiger partial charge on any atom is -0.508 e. The number of phenols is 1. The topological polar surface area (TPSA) is 78.4 Å². The molecule has 130 valence electrons. The van der Waals surface area contributed by atoms with Crippen LogP contribution in [0.5, 0.6) is 5.75 Å². The molecule has 3 aromatic rings. The van der Waals surface area contributed by atoms with E-state index in [1.165, 1.54) is 0 Å². The molecular weight excluding hydrogens is 318 g/mol. The molecule has 0 spiro atoms. The minimum atomic E-state index is -0.595. The summed E-state index contributed by atoms with van der Waals surface area (Å²) in [4.78, 5) is 14.3. The maximum absolute atomic E-state index is 12.7. The van der Waals surface area contributed by atoms with Gasteiger partial charge in [-0.25, -0.2) is 4.79 Å². The summed E-state index contributed by atoms with van der Waals surface area (Å²) in [5.41, 5.74) is 1.84. The third kappa shape index (κ3) is 4.09. The first-order chi connectivity index (χ1) is 11.8. The maximum Gasteiger partial charge on any atom is 0.415 e. The van der Waals surface area contributed by atoms with E-state index in [-0.39, 0.29) is 5.75 Å². The highest BCUT2D eigenvalue weighted by atomic mass is 16.6. The number of rotatable bonds is 3. The van der Waals surface area contributed by atoms with Crippen LogP contribution >= 0.6 is 0 Å².